The molecule has 2 saturated heterocycles. The number of aliphatic carboxylic acids is 2. The third-order valence-corrected chi connectivity index (χ3v) is 8.99. The van der Waals surface area contributed by atoms with E-state index in [2.05, 4.69) is 16.0 Å². The van der Waals surface area contributed by atoms with Crippen LogP contribution in [0, 0.1) is 0 Å². The van der Waals surface area contributed by atoms with Crippen molar-refractivity contribution in [2.24, 2.45) is 5.73 Å². The van der Waals surface area contributed by atoms with Crippen LogP contribution in [0.3, 0.4) is 0 Å². The number of β-lactam (4-membered cyclic amide) rings is 1. The number of benzene rings is 1. The van der Waals surface area contributed by atoms with Crippen LogP contribution in [0.1, 0.15) is 25.5 Å². The number of rotatable bonds is 12. The molecule has 0 saturated carbocycles. The number of ether oxygens (including phenoxy) is 2. The zero-order valence-corrected chi connectivity index (χ0v) is 30.4. The summed E-state index contributed by atoms with van der Waals surface area (Å²) in [5.41, 5.74) is 5.16. The van der Waals surface area contributed by atoms with E-state index in [1.165, 1.54) is 29.2 Å². The Bertz CT molecular complexity index is 1660. The molecule has 268 valence electrons. The predicted molar refractivity (Wildman–Crippen MR) is 166 cm³/mol. The molecule has 22 heteroatoms. The van der Waals surface area contributed by atoms with Crippen molar-refractivity contribution in [3.63, 3.8) is 0 Å². The number of carboxylic acids is 2. The summed E-state index contributed by atoms with van der Waals surface area (Å²) >= 11 is 1.08. The van der Waals surface area contributed by atoms with Gasteiger partial charge in [-0.3, -0.25) is 43.9 Å². The molecule has 20 nitrogen and oxygen atoms in total. The number of fused-ring (bicyclic) bond motifs is 1. The Morgan fingerprint density at radius 3 is 2.31 bits per heavy atom. The van der Waals surface area contributed by atoms with Crippen molar-refractivity contribution in [1.29, 1.82) is 0 Å². The van der Waals surface area contributed by atoms with Crippen molar-refractivity contribution in [2.75, 3.05) is 43.9 Å². The summed E-state index contributed by atoms with van der Waals surface area (Å²) in [5, 5.41) is 27.1. The average molecular weight is 742 g/mol. The van der Waals surface area contributed by atoms with Crippen LogP contribution in [-0.2, 0) is 43.0 Å². The number of hydrogen-bond acceptors (Lipinski definition) is 14. The quantitative estimate of drug-likeness (QED) is 0.0577. The van der Waals surface area contributed by atoms with E-state index in [0.29, 0.717) is 4.90 Å². The molecule has 0 bridgehead atoms. The Balaban J connectivity index is 0.00000702. The Morgan fingerprint density at radius 1 is 1.06 bits per heavy atom. The van der Waals surface area contributed by atoms with Crippen molar-refractivity contribution in [3.8, 4) is 0 Å². The predicted octanol–water partition coefficient (Wildman–Crippen LogP) is -5.94. The molecule has 0 unspecified atom stereocenters. The van der Waals surface area contributed by atoms with E-state index in [9.17, 15) is 48.3 Å². The van der Waals surface area contributed by atoms with Crippen LogP contribution in [0.2, 0.25) is 0 Å². The first-order chi connectivity index (χ1) is 23.6. The number of thioether (sulfide) groups is 1. The van der Waals surface area contributed by atoms with Gasteiger partial charge in [0.1, 0.15) is 36.7 Å². The van der Waals surface area contributed by atoms with E-state index in [-0.39, 0.29) is 78.4 Å². The molecule has 6 N–H and O–H groups in total. The molecule has 1 aromatic rings. The van der Waals surface area contributed by atoms with Gasteiger partial charge in [0.05, 0.1) is 11.7 Å². The molecule has 3 aliphatic rings. The minimum absolute atomic E-state index is 0. The van der Waals surface area contributed by atoms with Gasteiger partial charge in [-0.05, 0) is 24.6 Å². The number of hydrogen-bond donors (Lipinski definition) is 5. The van der Waals surface area contributed by atoms with Gasteiger partial charge in [-0.2, -0.15) is 0 Å². The average Bonchev–Trinajstić information content (AvgIpc) is 3.08. The zero-order valence-electron chi connectivity index (χ0n) is 27.5. The van der Waals surface area contributed by atoms with E-state index in [1.807, 2.05) is 0 Å². The third kappa shape index (κ3) is 9.35. The topological polar surface area (TPSA) is 287 Å². The molecule has 3 aliphatic heterocycles. The maximum atomic E-state index is 13.7. The SMILES string of the molecule is CCN1CCN(C(=O)N[C@@H](C(=O)N[C@@H]2C(=O)N3C(C(=O)[O-])=C(COC(C)=O)CS[C@H]23)c2ccc(NC(=O)OC[C@@H](N)C(=O)O)cc2)C(=O)C1=O.[Na+]. The summed E-state index contributed by atoms with van der Waals surface area (Å²) in [4.78, 5) is 114. The number of amides is 7. The molecule has 1 aromatic carbocycles. The van der Waals surface area contributed by atoms with Gasteiger partial charge in [-0.1, -0.05) is 12.1 Å². The number of nitrogens with one attached hydrogen (secondary N) is 3. The number of carbonyl (C=O) groups is 9. The number of urea groups is 1. The summed E-state index contributed by atoms with van der Waals surface area (Å²) in [6.07, 6.45) is -1.04. The molecule has 7 amide bonds. The Kier molecular flexibility index (Phi) is 14.0. The molecule has 0 aliphatic carbocycles. The number of anilines is 1. The second kappa shape index (κ2) is 17.5. The first kappa shape index (κ1) is 40.7. The monoisotopic (exact) mass is 741 g/mol. The van der Waals surface area contributed by atoms with Gasteiger partial charge in [-0.15, -0.1) is 11.8 Å². The third-order valence-electron chi connectivity index (χ3n) is 7.66. The van der Waals surface area contributed by atoms with E-state index in [0.717, 1.165) is 23.6 Å². The maximum Gasteiger partial charge on any atom is 1.00 e. The van der Waals surface area contributed by atoms with Crippen LogP contribution in [-0.4, -0.2) is 130 Å². The molecule has 0 spiro atoms. The standard InChI is InChI=1S/C29H33N7O13S.Na/c1-3-34-8-9-35(24(41)23(34)40)28(46)33-18(14-4-6-16(7-5-14)31-29(47)49-11-17(30)26(42)43)21(38)32-19-22(39)36-20(27(44)45)15(10-48-13(2)37)12-50-25(19)36;/h4-7,17-19,25H,3,8-12,30H2,1-2H3,(H,31,47)(H,32,38)(H,33,46)(H,42,43)(H,44,45);/q;+1/p-1/t17-,18-,19-,25-;/m1./s1. The van der Waals surface area contributed by atoms with Gasteiger partial charge >= 0.3 is 65.4 Å². The summed E-state index contributed by atoms with van der Waals surface area (Å²) in [6.45, 7) is 1.90. The van der Waals surface area contributed by atoms with Crippen LogP contribution in [0.15, 0.2) is 35.5 Å². The van der Waals surface area contributed by atoms with E-state index in [1.54, 1.807) is 6.92 Å². The number of carbonyl (C=O) groups excluding carboxylic acids is 8. The first-order valence-corrected chi connectivity index (χ1v) is 15.9. The normalized spacial score (nSPS) is 19.4. The zero-order chi connectivity index (χ0) is 36.9. The van der Waals surface area contributed by atoms with Crippen LogP contribution in [0.25, 0.3) is 0 Å². The molecule has 3 heterocycles. The fourth-order valence-electron chi connectivity index (χ4n) is 5.03. The van der Waals surface area contributed by atoms with Crippen LogP contribution in [0.5, 0.6) is 0 Å². The largest absolute Gasteiger partial charge is 1.00 e. The van der Waals surface area contributed by atoms with Gasteiger partial charge in [-0.25, -0.2) is 9.59 Å². The van der Waals surface area contributed by atoms with Crippen molar-refractivity contribution in [3.05, 3.63) is 41.1 Å². The van der Waals surface area contributed by atoms with Gasteiger partial charge in [0, 0.05) is 43.6 Å². The minimum atomic E-state index is -1.69. The summed E-state index contributed by atoms with van der Waals surface area (Å²) < 4.78 is 9.65. The number of nitrogens with two attached hydrogens (primary N) is 1. The number of esters is 1. The fourth-order valence-corrected chi connectivity index (χ4v) is 6.36. The molecule has 0 aromatic heterocycles. The second-order valence-electron chi connectivity index (χ2n) is 10.9. The molecule has 4 atom stereocenters. The maximum absolute atomic E-state index is 13.7. The smallest absolute Gasteiger partial charge is 0.543 e. The van der Waals surface area contributed by atoms with Gasteiger partial charge in [0.25, 0.3) is 5.91 Å². The molecular formula is C29H32N7NaO13S. The fraction of sp³-hybridized carbons (Fsp3) is 0.414. The van der Waals surface area contributed by atoms with Crippen molar-refractivity contribution < 1.29 is 92.4 Å². The summed E-state index contributed by atoms with van der Waals surface area (Å²) in [7, 11) is 0. The van der Waals surface area contributed by atoms with Gasteiger partial charge < -0.3 is 45.7 Å². The Hall–Kier alpha value is -4.70. The van der Waals surface area contributed by atoms with Crippen molar-refractivity contribution in [1.82, 2.24) is 25.3 Å². The second-order valence-corrected chi connectivity index (χ2v) is 12.0. The van der Waals surface area contributed by atoms with Crippen molar-refractivity contribution in [2.45, 2.75) is 37.3 Å². The number of nitrogens with zero attached hydrogens (tertiary/aromatic N) is 3. The van der Waals surface area contributed by atoms with Gasteiger partial charge in [0.15, 0.2) is 0 Å². The molecule has 2 fully saturated rings. The molecule has 4 rings (SSSR count). The molecular weight excluding hydrogens is 709 g/mol. The van der Waals surface area contributed by atoms with Crippen molar-refractivity contribution >= 4 is 71.1 Å². The van der Waals surface area contributed by atoms with E-state index >= 15 is 0 Å². The number of piperazine rings is 1. The number of imide groups is 1. The van der Waals surface area contributed by atoms with Crippen LogP contribution in [0.4, 0.5) is 15.3 Å². The first-order valence-electron chi connectivity index (χ1n) is 14.9. The van der Waals surface area contributed by atoms with Gasteiger partial charge in [0.2, 0.25) is 5.91 Å². The van der Waals surface area contributed by atoms with Crippen LogP contribution >= 0.6 is 11.8 Å². The van der Waals surface area contributed by atoms with E-state index in [4.69, 9.17) is 20.3 Å². The Morgan fingerprint density at radius 2 is 1.73 bits per heavy atom. The summed E-state index contributed by atoms with van der Waals surface area (Å²) in [6, 6.07) is -0.151. The van der Waals surface area contributed by atoms with Crippen LogP contribution < -0.4 is 56.3 Å². The minimum Gasteiger partial charge on any atom is -0.543 e. The number of likely N-dealkylation sites (N-methyl/N-ethyl adjacent to an activating group) is 1. The molecule has 51 heavy (non-hydrogen) atoms. The van der Waals surface area contributed by atoms with E-state index < -0.39 is 89.5 Å². The summed E-state index contributed by atoms with van der Waals surface area (Å²) in [5.74, 6) is -7.52. The Labute approximate surface area is 315 Å². The molecule has 0 radical (unpaired) electrons. The number of carboxylic acid groups (broad SMARTS) is 2.